The van der Waals surface area contributed by atoms with Crippen LogP contribution in [0.5, 0.6) is 11.5 Å². The van der Waals surface area contributed by atoms with Gasteiger partial charge in [-0.2, -0.15) is 0 Å². The van der Waals surface area contributed by atoms with Gasteiger partial charge in [-0.05, 0) is 72.6 Å². The largest absolute Gasteiger partial charge is 0.492 e. The molecule has 1 heterocycles. The number of likely N-dealkylation sites (N-methyl/N-ethyl adjacent to an activating group) is 1. The van der Waals surface area contributed by atoms with Gasteiger partial charge in [0.05, 0.1) is 0 Å². The molecule has 5 unspecified atom stereocenters. The van der Waals surface area contributed by atoms with Gasteiger partial charge in [-0.1, -0.05) is 61.5 Å². The van der Waals surface area contributed by atoms with Crippen molar-refractivity contribution in [3.05, 3.63) is 95.6 Å². The van der Waals surface area contributed by atoms with Gasteiger partial charge in [0.15, 0.2) is 6.10 Å². The summed E-state index contributed by atoms with van der Waals surface area (Å²) in [5.41, 5.74) is 5.20. The smallest absolute Gasteiger partial charge is 0.335 e. The fraction of sp³-hybridized carbons (Fsp3) is 0.344. The number of carbonyl (C=O) groups is 1. The van der Waals surface area contributed by atoms with Crippen molar-refractivity contribution < 1.29 is 39.4 Å². The zero-order valence-corrected chi connectivity index (χ0v) is 23.4. The number of nitrogens with zero attached hydrogens (tertiary/aromatic N) is 1. The lowest BCUT2D eigenvalue weighted by Crippen LogP contribution is -2.61. The summed E-state index contributed by atoms with van der Waals surface area (Å²) in [7, 11) is 4.00. The molecule has 0 radical (unpaired) electrons. The Hall–Kier alpha value is -3.73. The Bertz CT molecular complexity index is 1310. The Balaban J connectivity index is 1.64. The SMILES string of the molecule is CC/C(=C(/c1ccc(OCCN(C)C)cc1)c1ccc(OC2OC(C(=O)O)C(O)C(O)C2O)cc1)c1ccccc1. The molecule has 218 valence electrons. The maximum atomic E-state index is 11.4. The van der Waals surface area contributed by atoms with Crippen molar-refractivity contribution in [2.75, 3.05) is 27.2 Å². The number of ether oxygens (including phenoxy) is 3. The Labute approximate surface area is 239 Å². The Morgan fingerprint density at radius 2 is 1.39 bits per heavy atom. The standard InChI is InChI=1S/C32H37NO8/c1-4-25(20-8-6-5-7-9-20)26(21-10-14-23(15-11-21)39-19-18-33(2)3)22-12-16-24(17-13-22)40-32-29(36)27(34)28(35)30(41-32)31(37)38/h5-17,27-30,32,34-36H,4,18-19H2,1-3H3,(H,37,38)/b26-25+. The molecule has 1 fully saturated rings. The molecule has 1 aliphatic rings. The van der Waals surface area contributed by atoms with E-state index in [1.807, 2.05) is 68.7 Å². The second-order valence-corrected chi connectivity index (χ2v) is 10.1. The van der Waals surface area contributed by atoms with Crippen molar-refractivity contribution in [1.29, 1.82) is 0 Å². The lowest BCUT2D eigenvalue weighted by atomic mass is 9.88. The number of aliphatic carboxylic acids is 1. The molecular weight excluding hydrogens is 526 g/mol. The summed E-state index contributed by atoms with van der Waals surface area (Å²) in [5.74, 6) is -0.383. The number of aliphatic hydroxyl groups is 3. The summed E-state index contributed by atoms with van der Waals surface area (Å²) < 4.78 is 16.8. The summed E-state index contributed by atoms with van der Waals surface area (Å²) in [6.07, 6.45) is -7.61. The van der Waals surface area contributed by atoms with Gasteiger partial charge in [-0.15, -0.1) is 0 Å². The Morgan fingerprint density at radius 3 is 1.93 bits per heavy atom. The van der Waals surface area contributed by atoms with E-state index >= 15 is 0 Å². The number of allylic oxidation sites excluding steroid dienone is 1. The molecular formula is C32H37NO8. The first-order valence-electron chi connectivity index (χ1n) is 13.6. The number of hydrogen-bond donors (Lipinski definition) is 4. The molecule has 5 atom stereocenters. The molecule has 4 N–H and O–H groups in total. The zero-order valence-electron chi connectivity index (χ0n) is 23.4. The van der Waals surface area contributed by atoms with Crippen molar-refractivity contribution in [3.8, 4) is 11.5 Å². The molecule has 41 heavy (non-hydrogen) atoms. The molecule has 1 saturated heterocycles. The normalized spacial score (nSPS) is 23.1. The summed E-state index contributed by atoms with van der Waals surface area (Å²) in [6.45, 7) is 3.51. The maximum Gasteiger partial charge on any atom is 0.335 e. The van der Waals surface area contributed by atoms with Crippen LogP contribution in [-0.4, -0.2) is 89.2 Å². The van der Waals surface area contributed by atoms with Gasteiger partial charge >= 0.3 is 5.97 Å². The van der Waals surface area contributed by atoms with E-state index < -0.39 is 36.7 Å². The van der Waals surface area contributed by atoms with Gasteiger partial charge in [-0.3, -0.25) is 0 Å². The first-order valence-corrected chi connectivity index (χ1v) is 13.6. The molecule has 0 amide bonds. The minimum Gasteiger partial charge on any atom is -0.492 e. The average Bonchev–Trinajstić information content (AvgIpc) is 2.97. The molecule has 9 heteroatoms. The van der Waals surface area contributed by atoms with Gasteiger partial charge < -0.3 is 39.5 Å². The van der Waals surface area contributed by atoms with Crippen molar-refractivity contribution in [2.24, 2.45) is 0 Å². The predicted molar refractivity (Wildman–Crippen MR) is 155 cm³/mol. The third-order valence-corrected chi connectivity index (χ3v) is 6.94. The summed E-state index contributed by atoms with van der Waals surface area (Å²) in [4.78, 5) is 13.5. The number of carboxylic acid groups (broad SMARTS) is 1. The molecule has 0 saturated carbocycles. The van der Waals surface area contributed by atoms with Crippen LogP contribution in [0.3, 0.4) is 0 Å². The van der Waals surface area contributed by atoms with E-state index in [0.717, 1.165) is 46.6 Å². The molecule has 4 rings (SSSR count). The van der Waals surface area contributed by atoms with Gasteiger partial charge in [0.2, 0.25) is 6.29 Å². The van der Waals surface area contributed by atoms with Crippen LogP contribution in [0.1, 0.15) is 30.0 Å². The van der Waals surface area contributed by atoms with Gasteiger partial charge in [0.1, 0.15) is 36.4 Å². The van der Waals surface area contributed by atoms with Crippen LogP contribution in [0.15, 0.2) is 78.9 Å². The molecule has 3 aromatic rings. The second kappa shape index (κ2) is 13.8. The van der Waals surface area contributed by atoms with E-state index in [2.05, 4.69) is 24.0 Å². The van der Waals surface area contributed by atoms with Crippen molar-refractivity contribution in [2.45, 2.75) is 44.1 Å². The number of carboxylic acids is 1. The second-order valence-electron chi connectivity index (χ2n) is 10.1. The summed E-state index contributed by atoms with van der Waals surface area (Å²) >= 11 is 0. The molecule has 0 aliphatic carbocycles. The van der Waals surface area contributed by atoms with E-state index in [1.54, 1.807) is 12.1 Å². The first-order chi connectivity index (χ1) is 19.7. The zero-order chi connectivity index (χ0) is 29.5. The number of rotatable bonds is 11. The highest BCUT2D eigenvalue weighted by molar-refractivity contribution is 5.98. The topological polar surface area (TPSA) is 129 Å². The number of aliphatic hydroxyl groups excluding tert-OH is 3. The van der Waals surface area contributed by atoms with Crippen LogP contribution < -0.4 is 9.47 Å². The minimum atomic E-state index is -1.78. The highest BCUT2D eigenvalue weighted by Gasteiger charge is 2.48. The van der Waals surface area contributed by atoms with Crippen molar-refractivity contribution in [3.63, 3.8) is 0 Å². The molecule has 0 aromatic heterocycles. The quantitative estimate of drug-likeness (QED) is 0.260. The monoisotopic (exact) mass is 563 g/mol. The van der Waals surface area contributed by atoms with Gasteiger partial charge in [0.25, 0.3) is 0 Å². The lowest BCUT2D eigenvalue weighted by molar-refractivity contribution is -0.271. The number of benzene rings is 3. The third-order valence-electron chi connectivity index (χ3n) is 6.94. The molecule has 0 bridgehead atoms. The van der Waals surface area contributed by atoms with Crippen LogP contribution >= 0.6 is 0 Å². The van der Waals surface area contributed by atoms with E-state index in [4.69, 9.17) is 14.2 Å². The number of hydrogen-bond acceptors (Lipinski definition) is 8. The van der Waals surface area contributed by atoms with E-state index in [9.17, 15) is 25.2 Å². The Morgan fingerprint density at radius 1 is 0.805 bits per heavy atom. The third kappa shape index (κ3) is 7.32. The van der Waals surface area contributed by atoms with Crippen molar-refractivity contribution >= 4 is 17.1 Å². The molecule has 1 aliphatic heterocycles. The van der Waals surface area contributed by atoms with E-state index in [1.165, 1.54) is 0 Å². The Kier molecular flexibility index (Phi) is 10.1. The first kappa shape index (κ1) is 30.2. The highest BCUT2D eigenvalue weighted by atomic mass is 16.7. The highest BCUT2D eigenvalue weighted by Crippen LogP contribution is 2.36. The lowest BCUT2D eigenvalue weighted by Gasteiger charge is -2.38. The average molecular weight is 564 g/mol. The minimum absolute atomic E-state index is 0.298. The van der Waals surface area contributed by atoms with Crippen LogP contribution in [-0.2, 0) is 9.53 Å². The molecule has 3 aromatic carbocycles. The molecule has 9 nitrogen and oxygen atoms in total. The van der Waals surface area contributed by atoms with Crippen molar-refractivity contribution in [1.82, 2.24) is 4.90 Å². The predicted octanol–water partition coefficient (Wildman–Crippen LogP) is 3.27. The maximum absolute atomic E-state index is 11.4. The van der Waals surface area contributed by atoms with E-state index in [0.29, 0.717) is 12.4 Å². The van der Waals surface area contributed by atoms with Crippen LogP contribution in [0.2, 0.25) is 0 Å². The van der Waals surface area contributed by atoms with Gasteiger partial charge in [0, 0.05) is 6.54 Å². The van der Waals surface area contributed by atoms with Crippen LogP contribution in [0.4, 0.5) is 0 Å². The van der Waals surface area contributed by atoms with Crippen LogP contribution in [0, 0.1) is 0 Å². The van der Waals surface area contributed by atoms with E-state index in [-0.39, 0.29) is 0 Å². The fourth-order valence-electron chi connectivity index (χ4n) is 4.73. The summed E-state index contributed by atoms with van der Waals surface area (Å²) in [6, 6.07) is 25.3. The van der Waals surface area contributed by atoms with Crippen LogP contribution in [0.25, 0.3) is 11.1 Å². The summed E-state index contributed by atoms with van der Waals surface area (Å²) in [5, 5.41) is 39.7. The fourth-order valence-corrected chi connectivity index (χ4v) is 4.73. The van der Waals surface area contributed by atoms with Gasteiger partial charge in [-0.25, -0.2) is 4.79 Å². The molecule has 0 spiro atoms.